The average molecular weight is 420 g/mol. The zero-order valence-corrected chi connectivity index (χ0v) is 17.9. The Balaban J connectivity index is 1.59. The maximum absolute atomic E-state index is 12.7. The number of carbonyl (C=O) groups is 4. The van der Waals surface area contributed by atoms with E-state index in [-0.39, 0.29) is 18.0 Å². The minimum atomic E-state index is -1.07. The van der Waals surface area contributed by atoms with E-state index in [2.05, 4.69) is 10.3 Å². The van der Waals surface area contributed by atoms with Gasteiger partial charge in [-0.3, -0.25) is 19.2 Å². The Kier molecular flexibility index (Phi) is 6.34. The van der Waals surface area contributed by atoms with E-state index >= 15 is 0 Å². The normalized spacial score (nSPS) is 11.7. The van der Waals surface area contributed by atoms with Crippen molar-refractivity contribution in [3.05, 3.63) is 70.5 Å². The molecule has 2 N–H and O–H groups in total. The van der Waals surface area contributed by atoms with Gasteiger partial charge in [-0.15, -0.1) is 0 Å². The molecule has 0 saturated carbocycles. The number of aryl methyl sites for hydroxylation is 1. The van der Waals surface area contributed by atoms with Crippen LogP contribution in [-0.4, -0.2) is 41.1 Å². The Morgan fingerprint density at radius 1 is 1.03 bits per heavy atom. The van der Waals surface area contributed by atoms with Crippen molar-refractivity contribution in [3.63, 3.8) is 0 Å². The van der Waals surface area contributed by atoms with E-state index in [1.165, 1.54) is 13.8 Å². The lowest BCUT2D eigenvalue weighted by Crippen LogP contribution is -2.34. The standard InChI is InChI=1S/C24H24N2O5/c1-13-21(15(3)27)14(2)26-22(13)23(29)16(4)31-20(28)12-25-24(30)19-10-9-17-7-5-6-8-18(17)11-19/h5-11,16,26H,12H2,1-4H3,(H,25,30)/t16-/m0/s1. The van der Waals surface area contributed by atoms with Crippen LogP contribution in [-0.2, 0) is 9.53 Å². The van der Waals surface area contributed by atoms with Crippen molar-refractivity contribution in [2.24, 2.45) is 0 Å². The lowest BCUT2D eigenvalue weighted by molar-refractivity contribution is -0.145. The number of amides is 1. The number of esters is 1. The fourth-order valence-corrected chi connectivity index (χ4v) is 3.61. The van der Waals surface area contributed by atoms with E-state index in [9.17, 15) is 19.2 Å². The van der Waals surface area contributed by atoms with E-state index in [0.717, 1.165) is 10.8 Å². The molecule has 0 aliphatic heterocycles. The Bertz CT molecular complexity index is 1190. The smallest absolute Gasteiger partial charge is 0.326 e. The van der Waals surface area contributed by atoms with Crippen molar-refractivity contribution >= 4 is 34.2 Å². The molecule has 0 saturated heterocycles. The maximum atomic E-state index is 12.7. The number of ketones is 2. The lowest BCUT2D eigenvalue weighted by Gasteiger charge is -2.13. The molecule has 160 valence electrons. The molecule has 31 heavy (non-hydrogen) atoms. The monoisotopic (exact) mass is 420 g/mol. The van der Waals surface area contributed by atoms with Crippen LogP contribution in [0.15, 0.2) is 42.5 Å². The number of benzene rings is 2. The number of hydrogen-bond donors (Lipinski definition) is 2. The van der Waals surface area contributed by atoms with Gasteiger partial charge in [0.15, 0.2) is 11.9 Å². The van der Waals surface area contributed by atoms with Gasteiger partial charge in [0, 0.05) is 16.8 Å². The van der Waals surface area contributed by atoms with Crippen LogP contribution in [0, 0.1) is 13.8 Å². The van der Waals surface area contributed by atoms with Gasteiger partial charge in [-0.1, -0.05) is 30.3 Å². The molecule has 2 aromatic carbocycles. The highest BCUT2D eigenvalue weighted by atomic mass is 16.5. The number of ether oxygens (including phenoxy) is 1. The molecule has 7 heteroatoms. The Morgan fingerprint density at radius 2 is 1.71 bits per heavy atom. The lowest BCUT2D eigenvalue weighted by atomic mass is 10.0. The molecule has 0 spiro atoms. The van der Waals surface area contributed by atoms with Gasteiger partial charge in [-0.25, -0.2) is 0 Å². The number of Topliss-reactive ketones (excluding diaryl/α,β-unsaturated/α-hetero) is 2. The van der Waals surface area contributed by atoms with Crippen molar-refractivity contribution in [1.29, 1.82) is 0 Å². The molecule has 0 radical (unpaired) electrons. The summed E-state index contributed by atoms with van der Waals surface area (Å²) in [4.78, 5) is 51.8. The zero-order valence-electron chi connectivity index (χ0n) is 17.9. The molecule has 3 rings (SSSR count). The van der Waals surface area contributed by atoms with Crippen molar-refractivity contribution < 1.29 is 23.9 Å². The molecule has 0 aliphatic carbocycles. The number of nitrogens with one attached hydrogen (secondary N) is 2. The number of hydrogen-bond acceptors (Lipinski definition) is 5. The first kappa shape index (κ1) is 22.0. The average Bonchev–Trinajstić information content (AvgIpc) is 3.04. The molecular weight excluding hydrogens is 396 g/mol. The van der Waals surface area contributed by atoms with E-state index in [0.29, 0.717) is 22.4 Å². The maximum Gasteiger partial charge on any atom is 0.326 e. The summed E-state index contributed by atoms with van der Waals surface area (Å²) in [6.07, 6.45) is -1.07. The predicted octanol–water partition coefficient (Wildman–Crippen LogP) is 3.53. The van der Waals surface area contributed by atoms with E-state index < -0.39 is 23.8 Å². The molecule has 3 aromatic rings. The first-order valence-corrected chi connectivity index (χ1v) is 9.89. The third-order valence-electron chi connectivity index (χ3n) is 5.12. The van der Waals surface area contributed by atoms with Crippen molar-refractivity contribution in [1.82, 2.24) is 10.3 Å². The quantitative estimate of drug-likeness (QED) is 0.449. The molecule has 1 aromatic heterocycles. The fraction of sp³-hybridized carbons (Fsp3) is 0.250. The second kappa shape index (κ2) is 8.95. The van der Waals surface area contributed by atoms with Crippen molar-refractivity contribution in [2.75, 3.05) is 6.54 Å². The van der Waals surface area contributed by atoms with Gasteiger partial charge in [-0.2, -0.15) is 0 Å². The highest BCUT2D eigenvalue weighted by Crippen LogP contribution is 2.20. The van der Waals surface area contributed by atoms with Gasteiger partial charge < -0.3 is 15.0 Å². The topological polar surface area (TPSA) is 105 Å². The summed E-state index contributed by atoms with van der Waals surface area (Å²) in [5.74, 6) is -1.74. The SMILES string of the molecule is CC(=O)c1c(C)[nH]c(C(=O)[C@H](C)OC(=O)CNC(=O)c2ccc3ccccc3c2)c1C. The number of aromatic nitrogens is 1. The predicted molar refractivity (Wildman–Crippen MR) is 116 cm³/mol. The molecule has 1 heterocycles. The Morgan fingerprint density at radius 3 is 2.35 bits per heavy atom. The van der Waals surface area contributed by atoms with Crippen LogP contribution >= 0.6 is 0 Å². The summed E-state index contributed by atoms with van der Waals surface area (Å²) >= 11 is 0. The second-order valence-electron chi connectivity index (χ2n) is 7.42. The first-order chi connectivity index (χ1) is 14.7. The van der Waals surface area contributed by atoms with E-state index in [4.69, 9.17) is 4.74 Å². The van der Waals surface area contributed by atoms with Crippen LogP contribution in [0.4, 0.5) is 0 Å². The van der Waals surface area contributed by atoms with Crippen LogP contribution in [0.5, 0.6) is 0 Å². The van der Waals surface area contributed by atoms with Gasteiger partial charge in [0.05, 0.1) is 5.69 Å². The number of fused-ring (bicyclic) bond motifs is 1. The summed E-state index contributed by atoms with van der Waals surface area (Å²) in [7, 11) is 0. The summed E-state index contributed by atoms with van der Waals surface area (Å²) in [5, 5.41) is 4.43. The number of rotatable bonds is 7. The summed E-state index contributed by atoms with van der Waals surface area (Å²) < 4.78 is 5.18. The number of carbonyl (C=O) groups excluding carboxylic acids is 4. The minimum Gasteiger partial charge on any atom is -0.453 e. The number of aromatic amines is 1. The third-order valence-corrected chi connectivity index (χ3v) is 5.12. The van der Waals surface area contributed by atoms with Crippen LogP contribution in [0.1, 0.15) is 56.3 Å². The van der Waals surface area contributed by atoms with Gasteiger partial charge in [-0.05, 0) is 56.2 Å². The van der Waals surface area contributed by atoms with E-state index in [1.54, 1.807) is 26.0 Å². The molecule has 0 bridgehead atoms. The highest BCUT2D eigenvalue weighted by Gasteiger charge is 2.26. The fourth-order valence-electron chi connectivity index (χ4n) is 3.61. The summed E-state index contributed by atoms with van der Waals surface area (Å²) in [6, 6.07) is 12.9. The molecule has 0 unspecified atom stereocenters. The van der Waals surface area contributed by atoms with Crippen LogP contribution in [0.3, 0.4) is 0 Å². The second-order valence-corrected chi connectivity index (χ2v) is 7.42. The summed E-state index contributed by atoms with van der Waals surface area (Å²) in [6.45, 7) is 5.89. The van der Waals surface area contributed by atoms with Gasteiger partial charge >= 0.3 is 5.97 Å². The number of H-pyrrole nitrogens is 1. The Labute approximate surface area is 179 Å². The minimum absolute atomic E-state index is 0.147. The van der Waals surface area contributed by atoms with Crippen LogP contribution < -0.4 is 5.32 Å². The highest BCUT2D eigenvalue weighted by molar-refractivity contribution is 6.05. The van der Waals surface area contributed by atoms with Gasteiger partial charge in [0.1, 0.15) is 6.54 Å². The molecule has 7 nitrogen and oxygen atoms in total. The molecule has 1 amide bonds. The molecule has 0 fully saturated rings. The van der Waals surface area contributed by atoms with Crippen molar-refractivity contribution in [2.45, 2.75) is 33.8 Å². The Hall–Kier alpha value is -3.74. The van der Waals surface area contributed by atoms with Crippen LogP contribution in [0.25, 0.3) is 10.8 Å². The van der Waals surface area contributed by atoms with Crippen molar-refractivity contribution in [3.8, 4) is 0 Å². The van der Waals surface area contributed by atoms with E-state index in [1.807, 2.05) is 30.3 Å². The van der Waals surface area contributed by atoms with Crippen LogP contribution in [0.2, 0.25) is 0 Å². The third kappa shape index (κ3) is 4.71. The summed E-state index contributed by atoms with van der Waals surface area (Å²) in [5.41, 5.74) is 2.25. The van der Waals surface area contributed by atoms with Gasteiger partial charge in [0.25, 0.3) is 5.91 Å². The molecular formula is C24H24N2O5. The molecule has 0 aliphatic rings. The first-order valence-electron chi connectivity index (χ1n) is 9.89. The largest absolute Gasteiger partial charge is 0.453 e. The molecule has 1 atom stereocenters. The van der Waals surface area contributed by atoms with Gasteiger partial charge in [0.2, 0.25) is 5.78 Å². The zero-order chi connectivity index (χ0) is 22.7.